The molecule has 41 heavy (non-hydrogen) atoms. The van der Waals surface area contributed by atoms with Crippen LogP contribution in [0.15, 0.2) is 72.6 Å². The van der Waals surface area contributed by atoms with Crippen molar-refractivity contribution in [3.8, 4) is 11.5 Å². The number of ether oxygens (including phenoxy) is 2. The lowest BCUT2D eigenvalue weighted by atomic mass is 10.1. The molecule has 1 saturated heterocycles. The molecule has 3 heterocycles. The summed E-state index contributed by atoms with van der Waals surface area (Å²) in [6.45, 7) is 3.09. The minimum absolute atomic E-state index is 0.0167. The summed E-state index contributed by atoms with van der Waals surface area (Å²) >= 11 is 0. The van der Waals surface area contributed by atoms with E-state index in [2.05, 4.69) is 20.5 Å². The van der Waals surface area contributed by atoms with Gasteiger partial charge in [0.2, 0.25) is 5.78 Å². The number of hydrogen-bond donors (Lipinski definition) is 3. The minimum Gasteiger partial charge on any atom is -0.497 e. The van der Waals surface area contributed by atoms with Crippen molar-refractivity contribution in [3.05, 3.63) is 89.3 Å². The van der Waals surface area contributed by atoms with E-state index in [0.29, 0.717) is 47.1 Å². The number of allylic oxidation sites excluding steroid dienone is 1. The maximum absolute atomic E-state index is 13.1. The van der Waals surface area contributed by atoms with Crippen LogP contribution in [0, 0.1) is 0 Å². The van der Waals surface area contributed by atoms with Crippen LogP contribution in [0.3, 0.4) is 0 Å². The zero-order valence-electron chi connectivity index (χ0n) is 22.7. The Labute approximate surface area is 236 Å². The molecule has 1 fully saturated rings. The molecule has 0 bridgehead atoms. The van der Waals surface area contributed by atoms with Crippen LogP contribution in [-0.2, 0) is 0 Å². The molecular formula is C31H29N5O5. The van der Waals surface area contributed by atoms with E-state index < -0.39 is 6.03 Å². The predicted octanol–water partition coefficient (Wildman–Crippen LogP) is 4.82. The number of fused-ring (bicyclic) bond motifs is 2. The highest BCUT2D eigenvalue weighted by Crippen LogP contribution is 2.35. The summed E-state index contributed by atoms with van der Waals surface area (Å²) < 4.78 is 11.2. The molecule has 6 rings (SSSR count). The number of aromatic nitrogens is 1. The Bertz CT molecular complexity index is 1680. The highest BCUT2D eigenvalue weighted by Gasteiger charge is 2.28. The fourth-order valence-electron chi connectivity index (χ4n) is 4.96. The Kier molecular flexibility index (Phi) is 6.90. The molecule has 2 aliphatic rings. The lowest BCUT2D eigenvalue weighted by Crippen LogP contribution is -2.47. The smallest absolute Gasteiger partial charge is 0.323 e. The van der Waals surface area contributed by atoms with E-state index in [4.69, 9.17) is 9.47 Å². The number of rotatable bonds is 5. The molecule has 3 N–H and O–H groups in total. The first-order chi connectivity index (χ1) is 19.9. The fraction of sp³-hybridized carbons (Fsp3) is 0.194. The van der Waals surface area contributed by atoms with Gasteiger partial charge < -0.3 is 34.9 Å². The topological polar surface area (TPSA) is 116 Å². The number of likely N-dealkylation sites (N-methyl/N-ethyl adjacent to an activating group) is 1. The summed E-state index contributed by atoms with van der Waals surface area (Å²) in [5.74, 6) is 1.03. The standard InChI is InChI=1S/C31H29N5O5/c1-35-11-13-36(14-12-35)30(38)19-3-5-21(6-4-19)33-31(39)34-22-7-10-27-25(16-22)29(37)28(41-27)15-20-18-32-26-9-8-23(40-2)17-24(20)26/h3-10,15-18,32H,11-14H2,1-2H3,(H2,33,34,39)/b28-15-. The number of ketones is 1. The summed E-state index contributed by atoms with van der Waals surface area (Å²) in [6, 6.07) is 16.9. The van der Waals surface area contributed by atoms with E-state index >= 15 is 0 Å². The number of nitrogens with one attached hydrogen (secondary N) is 3. The molecule has 4 aromatic rings. The molecular weight excluding hydrogens is 522 g/mol. The Morgan fingerprint density at radius 2 is 1.68 bits per heavy atom. The Balaban J connectivity index is 1.10. The highest BCUT2D eigenvalue weighted by molar-refractivity contribution is 6.16. The van der Waals surface area contributed by atoms with Gasteiger partial charge in [0.05, 0.1) is 12.7 Å². The molecule has 10 nitrogen and oxygen atoms in total. The van der Waals surface area contributed by atoms with Crippen LogP contribution in [0.25, 0.3) is 17.0 Å². The van der Waals surface area contributed by atoms with Gasteiger partial charge in [-0.05, 0) is 73.8 Å². The van der Waals surface area contributed by atoms with Crippen molar-refractivity contribution < 1.29 is 23.9 Å². The molecule has 0 atom stereocenters. The third-order valence-corrected chi connectivity index (χ3v) is 7.31. The molecule has 3 aromatic carbocycles. The van der Waals surface area contributed by atoms with Gasteiger partial charge in [-0.2, -0.15) is 0 Å². The van der Waals surface area contributed by atoms with Gasteiger partial charge in [0.25, 0.3) is 5.91 Å². The Morgan fingerprint density at radius 1 is 0.951 bits per heavy atom. The van der Waals surface area contributed by atoms with Crippen molar-refractivity contribution >= 4 is 46.1 Å². The van der Waals surface area contributed by atoms with E-state index in [-0.39, 0.29) is 17.4 Å². The van der Waals surface area contributed by atoms with Crippen molar-refractivity contribution in [1.29, 1.82) is 0 Å². The number of benzene rings is 3. The van der Waals surface area contributed by atoms with Gasteiger partial charge in [0.1, 0.15) is 11.5 Å². The number of methoxy groups -OCH3 is 1. The fourth-order valence-corrected chi connectivity index (χ4v) is 4.96. The number of carbonyl (C=O) groups excluding carboxylic acids is 3. The number of Topliss-reactive ketones (excluding diaryl/α,β-unsaturated/α-hetero) is 1. The number of piperazine rings is 1. The first-order valence-corrected chi connectivity index (χ1v) is 13.3. The van der Waals surface area contributed by atoms with Crippen molar-refractivity contribution in [3.63, 3.8) is 0 Å². The molecule has 0 saturated carbocycles. The molecule has 3 amide bonds. The van der Waals surface area contributed by atoms with Gasteiger partial charge in [-0.3, -0.25) is 9.59 Å². The van der Waals surface area contributed by atoms with E-state index in [9.17, 15) is 14.4 Å². The molecule has 10 heteroatoms. The number of aromatic amines is 1. The van der Waals surface area contributed by atoms with Gasteiger partial charge in [-0.25, -0.2) is 4.79 Å². The van der Waals surface area contributed by atoms with Crippen LogP contribution < -0.4 is 20.1 Å². The van der Waals surface area contributed by atoms with E-state index in [0.717, 1.165) is 29.6 Å². The van der Waals surface area contributed by atoms with Crippen molar-refractivity contribution in [1.82, 2.24) is 14.8 Å². The number of carbonyl (C=O) groups is 3. The Morgan fingerprint density at radius 3 is 2.44 bits per heavy atom. The van der Waals surface area contributed by atoms with Crippen LogP contribution in [0.5, 0.6) is 11.5 Å². The zero-order valence-corrected chi connectivity index (χ0v) is 22.7. The van der Waals surface area contributed by atoms with Crippen LogP contribution in [0.4, 0.5) is 16.2 Å². The second kappa shape index (κ2) is 10.8. The maximum Gasteiger partial charge on any atom is 0.323 e. The molecule has 0 unspecified atom stereocenters. The second-order valence-electron chi connectivity index (χ2n) is 10.1. The lowest BCUT2D eigenvalue weighted by molar-refractivity contribution is 0.0664. The average molecular weight is 552 g/mol. The third-order valence-electron chi connectivity index (χ3n) is 7.31. The monoisotopic (exact) mass is 551 g/mol. The normalized spacial score (nSPS) is 16.0. The number of urea groups is 1. The van der Waals surface area contributed by atoms with Crippen molar-refractivity contribution in [2.24, 2.45) is 0 Å². The number of hydrogen-bond acceptors (Lipinski definition) is 6. The van der Waals surface area contributed by atoms with Crippen LogP contribution in [-0.4, -0.2) is 72.8 Å². The van der Waals surface area contributed by atoms with Crippen molar-refractivity contribution in [2.75, 3.05) is 51.0 Å². The van der Waals surface area contributed by atoms with Gasteiger partial charge >= 0.3 is 6.03 Å². The lowest BCUT2D eigenvalue weighted by Gasteiger charge is -2.32. The number of anilines is 2. The second-order valence-corrected chi connectivity index (χ2v) is 10.1. The molecule has 1 aromatic heterocycles. The van der Waals surface area contributed by atoms with E-state index in [1.165, 1.54) is 0 Å². The average Bonchev–Trinajstić information content (AvgIpc) is 3.53. The summed E-state index contributed by atoms with van der Waals surface area (Å²) in [5.41, 5.74) is 3.63. The first kappa shape index (κ1) is 26.1. The quantitative estimate of drug-likeness (QED) is 0.306. The van der Waals surface area contributed by atoms with Crippen LogP contribution in [0.1, 0.15) is 26.3 Å². The minimum atomic E-state index is -0.474. The predicted molar refractivity (Wildman–Crippen MR) is 157 cm³/mol. The third kappa shape index (κ3) is 5.37. The van der Waals surface area contributed by atoms with Gasteiger partial charge in [-0.1, -0.05) is 0 Å². The molecule has 0 radical (unpaired) electrons. The van der Waals surface area contributed by atoms with Gasteiger partial charge in [0.15, 0.2) is 5.76 Å². The first-order valence-electron chi connectivity index (χ1n) is 13.3. The maximum atomic E-state index is 13.1. The molecule has 0 spiro atoms. The number of amides is 3. The summed E-state index contributed by atoms with van der Waals surface area (Å²) in [5, 5.41) is 6.42. The van der Waals surface area contributed by atoms with Gasteiger partial charge in [-0.15, -0.1) is 0 Å². The van der Waals surface area contributed by atoms with Crippen LogP contribution >= 0.6 is 0 Å². The largest absolute Gasteiger partial charge is 0.497 e. The molecule has 0 aliphatic carbocycles. The Hall–Kier alpha value is -5.09. The van der Waals surface area contributed by atoms with Crippen LogP contribution in [0.2, 0.25) is 0 Å². The molecule has 208 valence electrons. The zero-order chi connectivity index (χ0) is 28.5. The number of nitrogens with zero attached hydrogens (tertiary/aromatic N) is 2. The SMILES string of the molecule is COc1ccc2[nH]cc(/C=C3\Oc4ccc(NC(=O)Nc5ccc(C(=O)N6CCN(C)CC6)cc5)cc4C3=O)c2c1. The summed E-state index contributed by atoms with van der Waals surface area (Å²) in [6.07, 6.45) is 3.50. The summed E-state index contributed by atoms with van der Waals surface area (Å²) in [7, 11) is 3.65. The summed E-state index contributed by atoms with van der Waals surface area (Å²) in [4.78, 5) is 45.8. The van der Waals surface area contributed by atoms with E-state index in [1.807, 2.05) is 36.3 Å². The number of H-pyrrole nitrogens is 1. The van der Waals surface area contributed by atoms with Gasteiger partial charge in [0, 0.05) is 65.8 Å². The highest BCUT2D eigenvalue weighted by atomic mass is 16.5. The van der Waals surface area contributed by atoms with Crippen molar-refractivity contribution in [2.45, 2.75) is 0 Å². The van der Waals surface area contributed by atoms with E-state index in [1.54, 1.807) is 55.7 Å². The molecule has 2 aliphatic heterocycles.